The standard InChI is InChI=1S/C11H12N4O2/c1-6-8(10(12)16)9(15-11(17)14-6)7-2-4-13-5-3-7/h2-5,9H,1H3,(H2,12,16)(H2,14,15,17)/t9-/m0/s1. The molecule has 3 amide bonds. The first-order valence-electron chi connectivity index (χ1n) is 5.07. The van der Waals surface area contributed by atoms with E-state index >= 15 is 0 Å². The summed E-state index contributed by atoms with van der Waals surface area (Å²) < 4.78 is 0. The van der Waals surface area contributed by atoms with Crippen LogP contribution < -0.4 is 16.4 Å². The zero-order chi connectivity index (χ0) is 12.4. The number of rotatable bonds is 2. The van der Waals surface area contributed by atoms with Gasteiger partial charge < -0.3 is 16.4 Å². The quantitative estimate of drug-likeness (QED) is 0.679. The Hall–Kier alpha value is -2.37. The Morgan fingerprint density at radius 1 is 1.41 bits per heavy atom. The van der Waals surface area contributed by atoms with E-state index in [2.05, 4.69) is 15.6 Å². The Balaban J connectivity index is 2.47. The third kappa shape index (κ3) is 2.10. The van der Waals surface area contributed by atoms with Crippen molar-refractivity contribution in [2.45, 2.75) is 13.0 Å². The Morgan fingerprint density at radius 2 is 2.06 bits per heavy atom. The molecule has 2 heterocycles. The number of primary amides is 1. The molecule has 17 heavy (non-hydrogen) atoms. The van der Waals surface area contributed by atoms with Crippen LogP contribution in [0.15, 0.2) is 35.8 Å². The van der Waals surface area contributed by atoms with Crippen LogP contribution in [-0.2, 0) is 4.79 Å². The number of amides is 3. The summed E-state index contributed by atoms with van der Waals surface area (Å²) in [6.07, 6.45) is 3.19. The highest BCUT2D eigenvalue weighted by Gasteiger charge is 2.29. The number of nitrogens with zero attached hydrogens (tertiary/aromatic N) is 1. The maximum Gasteiger partial charge on any atom is 0.319 e. The van der Waals surface area contributed by atoms with E-state index in [1.54, 1.807) is 31.5 Å². The lowest BCUT2D eigenvalue weighted by atomic mass is 9.96. The lowest BCUT2D eigenvalue weighted by Crippen LogP contribution is -2.46. The first kappa shape index (κ1) is 11.1. The number of hydrogen-bond acceptors (Lipinski definition) is 3. The van der Waals surface area contributed by atoms with Gasteiger partial charge in [-0.1, -0.05) is 0 Å². The molecule has 0 saturated heterocycles. The number of nitrogens with two attached hydrogens (primary N) is 1. The number of urea groups is 1. The number of aromatic nitrogens is 1. The van der Waals surface area contributed by atoms with Crippen LogP contribution in [0.5, 0.6) is 0 Å². The molecule has 1 aromatic rings. The van der Waals surface area contributed by atoms with Gasteiger partial charge in [0.2, 0.25) is 5.91 Å². The van der Waals surface area contributed by atoms with Gasteiger partial charge in [-0.25, -0.2) is 4.79 Å². The minimum Gasteiger partial charge on any atom is -0.366 e. The maximum atomic E-state index is 11.4. The van der Waals surface area contributed by atoms with Crippen molar-refractivity contribution in [2.24, 2.45) is 5.73 Å². The summed E-state index contributed by atoms with van der Waals surface area (Å²) in [4.78, 5) is 26.7. The average molecular weight is 232 g/mol. The largest absolute Gasteiger partial charge is 0.366 e. The molecule has 1 aliphatic rings. The molecule has 1 aromatic heterocycles. The van der Waals surface area contributed by atoms with E-state index in [9.17, 15) is 9.59 Å². The van der Waals surface area contributed by atoms with E-state index in [-0.39, 0.29) is 6.03 Å². The number of hydrogen-bond donors (Lipinski definition) is 3. The van der Waals surface area contributed by atoms with Gasteiger partial charge in [-0.15, -0.1) is 0 Å². The monoisotopic (exact) mass is 232 g/mol. The minimum atomic E-state index is -0.559. The topological polar surface area (TPSA) is 97.1 Å². The molecule has 0 aromatic carbocycles. The van der Waals surface area contributed by atoms with Gasteiger partial charge in [0.1, 0.15) is 0 Å². The van der Waals surface area contributed by atoms with E-state index in [4.69, 9.17) is 5.73 Å². The van der Waals surface area contributed by atoms with Gasteiger partial charge in [0.25, 0.3) is 0 Å². The molecule has 1 atom stereocenters. The van der Waals surface area contributed by atoms with Crippen molar-refractivity contribution in [3.8, 4) is 0 Å². The fourth-order valence-corrected chi connectivity index (χ4v) is 1.83. The normalized spacial score (nSPS) is 19.6. The number of carbonyl (C=O) groups excluding carboxylic acids is 2. The van der Waals surface area contributed by atoms with E-state index in [1.807, 2.05) is 0 Å². The highest BCUT2D eigenvalue weighted by atomic mass is 16.2. The molecule has 1 aliphatic heterocycles. The van der Waals surface area contributed by atoms with Crippen LogP contribution in [0.2, 0.25) is 0 Å². The number of allylic oxidation sites excluding steroid dienone is 1. The summed E-state index contributed by atoms with van der Waals surface area (Å²) >= 11 is 0. The van der Waals surface area contributed by atoms with Gasteiger partial charge in [0.15, 0.2) is 0 Å². The molecule has 6 heteroatoms. The van der Waals surface area contributed by atoms with Crippen LogP contribution in [0.25, 0.3) is 0 Å². The molecule has 0 radical (unpaired) electrons. The highest BCUT2D eigenvalue weighted by molar-refractivity contribution is 5.97. The Labute approximate surface area is 97.9 Å². The average Bonchev–Trinajstić information content (AvgIpc) is 2.28. The summed E-state index contributed by atoms with van der Waals surface area (Å²) in [7, 11) is 0. The first-order chi connectivity index (χ1) is 8.09. The van der Waals surface area contributed by atoms with Crippen molar-refractivity contribution in [2.75, 3.05) is 0 Å². The van der Waals surface area contributed by atoms with Gasteiger partial charge in [0.05, 0.1) is 11.6 Å². The predicted octanol–water partition coefficient (Wildman–Crippen LogP) is 0.195. The van der Waals surface area contributed by atoms with Crippen molar-refractivity contribution in [3.05, 3.63) is 41.4 Å². The molecule has 88 valence electrons. The van der Waals surface area contributed by atoms with Gasteiger partial charge >= 0.3 is 6.03 Å². The summed E-state index contributed by atoms with van der Waals surface area (Å²) in [6.45, 7) is 1.65. The number of pyridine rings is 1. The Kier molecular flexibility index (Phi) is 2.78. The highest BCUT2D eigenvalue weighted by Crippen LogP contribution is 2.25. The summed E-state index contributed by atoms with van der Waals surface area (Å²) in [5.41, 5.74) is 6.93. The van der Waals surface area contributed by atoms with Crippen LogP contribution in [0.3, 0.4) is 0 Å². The van der Waals surface area contributed by atoms with Crippen molar-refractivity contribution < 1.29 is 9.59 Å². The summed E-state index contributed by atoms with van der Waals surface area (Å²) in [6, 6.07) is 2.58. The van der Waals surface area contributed by atoms with Crippen LogP contribution in [0.1, 0.15) is 18.5 Å². The van der Waals surface area contributed by atoms with Crippen LogP contribution in [-0.4, -0.2) is 16.9 Å². The minimum absolute atomic E-state index is 0.352. The maximum absolute atomic E-state index is 11.4. The third-order valence-corrected chi connectivity index (χ3v) is 2.57. The lowest BCUT2D eigenvalue weighted by molar-refractivity contribution is -0.115. The second-order valence-corrected chi connectivity index (χ2v) is 3.71. The Bertz CT molecular complexity index is 495. The van der Waals surface area contributed by atoms with Gasteiger partial charge in [-0.3, -0.25) is 9.78 Å². The fourth-order valence-electron chi connectivity index (χ4n) is 1.83. The van der Waals surface area contributed by atoms with Crippen molar-refractivity contribution >= 4 is 11.9 Å². The smallest absolute Gasteiger partial charge is 0.319 e. The molecular weight excluding hydrogens is 220 g/mol. The molecule has 0 fully saturated rings. The Morgan fingerprint density at radius 3 is 2.65 bits per heavy atom. The molecule has 4 N–H and O–H groups in total. The third-order valence-electron chi connectivity index (χ3n) is 2.57. The molecule has 0 unspecified atom stereocenters. The number of carbonyl (C=O) groups is 2. The molecule has 2 rings (SSSR count). The SMILES string of the molecule is CC1=C(C(N)=O)[C@H](c2ccncc2)NC(=O)N1. The van der Waals surface area contributed by atoms with E-state index < -0.39 is 11.9 Å². The van der Waals surface area contributed by atoms with E-state index in [1.165, 1.54) is 0 Å². The van der Waals surface area contributed by atoms with Crippen molar-refractivity contribution in [1.29, 1.82) is 0 Å². The predicted molar refractivity (Wildman–Crippen MR) is 60.5 cm³/mol. The van der Waals surface area contributed by atoms with E-state index in [0.29, 0.717) is 11.3 Å². The van der Waals surface area contributed by atoms with Crippen molar-refractivity contribution in [1.82, 2.24) is 15.6 Å². The van der Waals surface area contributed by atoms with Gasteiger partial charge in [0, 0.05) is 18.1 Å². The molecule has 0 spiro atoms. The van der Waals surface area contributed by atoms with E-state index in [0.717, 1.165) is 5.56 Å². The van der Waals surface area contributed by atoms with Crippen molar-refractivity contribution in [3.63, 3.8) is 0 Å². The summed E-state index contributed by atoms with van der Waals surface area (Å²) in [5, 5.41) is 5.18. The fraction of sp³-hybridized carbons (Fsp3) is 0.182. The lowest BCUT2D eigenvalue weighted by Gasteiger charge is -2.27. The van der Waals surface area contributed by atoms with Gasteiger partial charge in [-0.2, -0.15) is 0 Å². The second kappa shape index (κ2) is 4.25. The second-order valence-electron chi connectivity index (χ2n) is 3.71. The molecule has 6 nitrogen and oxygen atoms in total. The molecular formula is C11H12N4O2. The van der Waals surface area contributed by atoms with Crippen LogP contribution >= 0.6 is 0 Å². The van der Waals surface area contributed by atoms with Gasteiger partial charge in [-0.05, 0) is 24.6 Å². The summed E-state index contributed by atoms with van der Waals surface area (Å²) in [5.74, 6) is -0.559. The van der Waals surface area contributed by atoms with Crippen LogP contribution in [0, 0.1) is 0 Å². The zero-order valence-corrected chi connectivity index (χ0v) is 9.23. The zero-order valence-electron chi connectivity index (χ0n) is 9.23. The first-order valence-corrected chi connectivity index (χ1v) is 5.07. The molecule has 0 bridgehead atoms. The molecule has 0 saturated carbocycles. The van der Waals surface area contributed by atoms with Crippen LogP contribution in [0.4, 0.5) is 4.79 Å². The number of nitrogens with one attached hydrogen (secondary N) is 2. The molecule has 0 aliphatic carbocycles.